The fourth-order valence-corrected chi connectivity index (χ4v) is 0.400. The third kappa shape index (κ3) is 9.51. The van der Waals surface area contributed by atoms with E-state index in [1.807, 2.05) is 0 Å². The molecule has 0 saturated heterocycles. The van der Waals surface area contributed by atoms with Crippen LogP contribution in [0.25, 0.3) is 0 Å². The maximum absolute atomic E-state index is 8.21. The highest BCUT2D eigenvalue weighted by Crippen LogP contribution is 1.90. The first-order chi connectivity index (χ1) is 3.41. The lowest BCUT2D eigenvalue weighted by molar-refractivity contribution is 0.257. The largest absolute Gasteiger partial charge is 0.396 e. The average Bonchev–Trinajstić information content (AvgIpc) is 1.69. The molecule has 0 amide bonds. The van der Waals surface area contributed by atoms with Crippen molar-refractivity contribution in [2.75, 3.05) is 13.2 Å². The van der Waals surface area contributed by atoms with Gasteiger partial charge in [0.1, 0.15) is 0 Å². The molecule has 0 aromatic rings. The molecule has 0 bridgehead atoms. The summed E-state index contributed by atoms with van der Waals surface area (Å²) in [4.78, 5) is 0. The predicted molar refractivity (Wildman–Crippen MR) is 35.3 cm³/mol. The number of hydrogen-bond acceptors (Lipinski definition) is 2. The molecule has 0 aliphatic rings. The lowest BCUT2D eigenvalue weighted by Gasteiger charge is -1.90. The number of aliphatic hydroxyl groups excluding tert-OH is 2. The Morgan fingerprint density at radius 1 is 0.750 bits per heavy atom. The first kappa shape index (κ1) is 11.1. The summed E-state index contributed by atoms with van der Waals surface area (Å²) in [6.07, 6.45) is 2.58. The highest BCUT2D eigenvalue weighted by atomic mass is 35.5. The summed E-state index contributed by atoms with van der Waals surface area (Å²) in [5.74, 6) is 0. The van der Waals surface area contributed by atoms with E-state index in [2.05, 4.69) is 0 Å². The zero-order chi connectivity index (χ0) is 5.54. The Labute approximate surface area is 55.9 Å². The molecule has 0 fully saturated rings. The lowest BCUT2D eigenvalue weighted by Crippen LogP contribution is -1.85. The van der Waals surface area contributed by atoms with E-state index >= 15 is 0 Å². The Kier molecular flexibility index (Phi) is 14.2. The minimum absolute atomic E-state index is 0. The van der Waals surface area contributed by atoms with Crippen LogP contribution in [0.3, 0.4) is 0 Å². The van der Waals surface area contributed by atoms with Crippen LogP contribution in [-0.2, 0) is 0 Å². The van der Waals surface area contributed by atoms with Crippen LogP contribution in [0.1, 0.15) is 19.3 Å². The quantitative estimate of drug-likeness (QED) is 0.561. The molecule has 0 radical (unpaired) electrons. The fourth-order valence-electron chi connectivity index (χ4n) is 0.400. The summed E-state index contributed by atoms with van der Waals surface area (Å²) >= 11 is 0. The highest BCUT2D eigenvalue weighted by molar-refractivity contribution is 5.85. The summed E-state index contributed by atoms with van der Waals surface area (Å²) in [5, 5.41) is 16.4. The van der Waals surface area contributed by atoms with Crippen molar-refractivity contribution in [2.45, 2.75) is 19.3 Å². The monoisotopic (exact) mass is 140 g/mol. The van der Waals surface area contributed by atoms with E-state index in [9.17, 15) is 0 Å². The lowest BCUT2D eigenvalue weighted by atomic mass is 10.2. The fraction of sp³-hybridized carbons (Fsp3) is 1.00. The molecule has 0 spiro atoms. The smallest absolute Gasteiger partial charge is 0.0431 e. The van der Waals surface area contributed by atoms with Gasteiger partial charge in [-0.3, -0.25) is 0 Å². The molecule has 0 aliphatic carbocycles. The number of unbranched alkanes of at least 4 members (excludes halogenated alkanes) is 2. The van der Waals surface area contributed by atoms with Crippen LogP contribution in [0.5, 0.6) is 0 Å². The number of aliphatic hydroxyl groups is 2. The first-order valence-corrected chi connectivity index (χ1v) is 2.63. The van der Waals surface area contributed by atoms with Crippen molar-refractivity contribution in [3.63, 3.8) is 0 Å². The van der Waals surface area contributed by atoms with Gasteiger partial charge in [0.25, 0.3) is 0 Å². The zero-order valence-corrected chi connectivity index (χ0v) is 5.65. The molecular weight excluding hydrogens is 128 g/mol. The topological polar surface area (TPSA) is 40.5 Å². The number of rotatable bonds is 4. The van der Waals surface area contributed by atoms with Crippen molar-refractivity contribution in [1.82, 2.24) is 0 Å². The molecule has 0 heterocycles. The molecule has 0 saturated carbocycles. The number of halogens is 1. The standard InChI is InChI=1S/C5H12O2.ClH/c6-4-2-1-3-5-7;/h6-7H,1-5H2;1H. The Morgan fingerprint density at radius 3 is 1.38 bits per heavy atom. The van der Waals surface area contributed by atoms with Crippen molar-refractivity contribution in [3.8, 4) is 0 Å². The summed E-state index contributed by atoms with van der Waals surface area (Å²) in [6, 6.07) is 0. The SMILES string of the molecule is Cl.OCCCCCO. The second kappa shape index (κ2) is 10.2. The van der Waals surface area contributed by atoms with E-state index in [1.165, 1.54) is 0 Å². The molecule has 0 rings (SSSR count). The maximum Gasteiger partial charge on any atom is 0.0431 e. The van der Waals surface area contributed by atoms with Crippen LogP contribution in [-0.4, -0.2) is 23.4 Å². The van der Waals surface area contributed by atoms with Crippen LogP contribution < -0.4 is 0 Å². The molecule has 0 aliphatic heterocycles. The molecule has 52 valence electrons. The Bertz CT molecular complexity index is 29.6. The van der Waals surface area contributed by atoms with Gasteiger partial charge in [-0.2, -0.15) is 0 Å². The van der Waals surface area contributed by atoms with Gasteiger partial charge in [0.15, 0.2) is 0 Å². The Balaban J connectivity index is 0. The van der Waals surface area contributed by atoms with Crippen LogP contribution in [0.15, 0.2) is 0 Å². The van der Waals surface area contributed by atoms with Crippen molar-refractivity contribution >= 4 is 12.4 Å². The molecule has 2 N–H and O–H groups in total. The Hall–Kier alpha value is 0.210. The van der Waals surface area contributed by atoms with Crippen molar-refractivity contribution in [3.05, 3.63) is 0 Å². The van der Waals surface area contributed by atoms with Gasteiger partial charge in [0, 0.05) is 13.2 Å². The van der Waals surface area contributed by atoms with E-state index in [1.54, 1.807) is 0 Å². The minimum atomic E-state index is 0. The van der Waals surface area contributed by atoms with Gasteiger partial charge in [0.2, 0.25) is 0 Å². The van der Waals surface area contributed by atoms with Crippen molar-refractivity contribution in [2.24, 2.45) is 0 Å². The molecule has 0 aromatic heterocycles. The summed E-state index contributed by atoms with van der Waals surface area (Å²) in [7, 11) is 0. The van der Waals surface area contributed by atoms with E-state index in [0.717, 1.165) is 19.3 Å². The van der Waals surface area contributed by atoms with Crippen LogP contribution in [0.4, 0.5) is 0 Å². The molecular formula is C5H13ClO2. The van der Waals surface area contributed by atoms with Crippen LogP contribution in [0, 0.1) is 0 Å². The second-order valence-electron chi connectivity index (χ2n) is 1.51. The number of hydrogen-bond donors (Lipinski definition) is 2. The zero-order valence-electron chi connectivity index (χ0n) is 4.84. The average molecular weight is 141 g/mol. The third-order valence-corrected chi connectivity index (χ3v) is 0.816. The van der Waals surface area contributed by atoms with E-state index in [0.29, 0.717) is 0 Å². The second-order valence-corrected chi connectivity index (χ2v) is 1.51. The van der Waals surface area contributed by atoms with Gasteiger partial charge < -0.3 is 10.2 Å². The molecule has 0 unspecified atom stereocenters. The Morgan fingerprint density at radius 2 is 1.12 bits per heavy atom. The first-order valence-electron chi connectivity index (χ1n) is 2.63. The van der Waals surface area contributed by atoms with Gasteiger partial charge in [-0.25, -0.2) is 0 Å². The van der Waals surface area contributed by atoms with Gasteiger partial charge in [-0.05, 0) is 19.3 Å². The molecule has 2 nitrogen and oxygen atoms in total. The molecule has 0 atom stereocenters. The van der Waals surface area contributed by atoms with Gasteiger partial charge in [0.05, 0.1) is 0 Å². The van der Waals surface area contributed by atoms with Crippen molar-refractivity contribution in [1.29, 1.82) is 0 Å². The van der Waals surface area contributed by atoms with Gasteiger partial charge >= 0.3 is 0 Å². The van der Waals surface area contributed by atoms with E-state index in [4.69, 9.17) is 10.2 Å². The normalized spacial score (nSPS) is 8.25. The van der Waals surface area contributed by atoms with Crippen LogP contribution >= 0.6 is 12.4 Å². The van der Waals surface area contributed by atoms with Gasteiger partial charge in [-0.15, -0.1) is 12.4 Å². The van der Waals surface area contributed by atoms with Crippen molar-refractivity contribution < 1.29 is 10.2 Å². The minimum Gasteiger partial charge on any atom is -0.396 e. The molecule has 8 heavy (non-hydrogen) atoms. The van der Waals surface area contributed by atoms with E-state index in [-0.39, 0.29) is 25.6 Å². The molecule has 3 heteroatoms. The predicted octanol–water partition coefficient (Wildman–Crippen LogP) is 0.563. The third-order valence-electron chi connectivity index (χ3n) is 0.816. The van der Waals surface area contributed by atoms with Crippen LogP contribution in [0.2, 0.25) is 0 Å². The summed E-state index contributed by atoms with van der Waals surface area (Å²) in [6.45, 7) is 0.500. The molecule has 0 aromatic carbocycles. The highest BCUT2D eigenvalue weighted by Gasteiger charge is 1.81. The summed E-state index contributed by atoms with van der Waals surface area (Å²) in [5.41, 5.74) is 0. The van der Waals surface area contributed by atoms with E-state index < -0.39 is 0 Å². The maximum atomic E-state index is 8.21. The summed E-state index contributed by atoms with van der Waals surface area (Å²) < 4.78 is 0. The van der Waals surface area contributed by atoms with Gasteiger partial charge in [-0.1, -0.05) is 0 Å².